The normalized spacial score (nSPS) is 10.5. The van der Waals surface area contributed by atoms with Crippen molar-refractivity contribution in [3.05, 3.63) is 59.4 Å². The fraction of sp³-hybridized carbons (Fsp3) is 0.143. The van der Waals surface area contributed by atoms with Crippen LogP contribution in [0.5, 0.6) is 0 Å². The van der Waals surface area contributed by atoms with Crippen molar-refractivity contribution in [2.45, 2.75) is 13.2 Å². The van der Waals surface area contributed by atoms with Crippen molar-refractivity contribution < 1.29 is 9.50 Å². The van der Waals surface area contributed by atoms with Gasteiger partial charge < -0.3 is 10.8 Å². The molecule has 2 rings (SSSR count). The molecular weight excluding hydrogens is 217 g/mol. The number of benzene rings is 2. The Morgan fingerprint density at radius 3 is 2.59 bits per heavy atom. The lowest BCUT2D eigenvalue weighted by Crippen LogP contribution is -2.01. The maximum atomic E-state index is 14.1. The van der Waals surface area contributed by atoms with Crippen LogP contribution in [0.3, 0.4) is 0 Å². The van der Waals surface area contributed by atoms with Crippen molar-refractivity contribution >= 4 is 0 Å². The molecule has 88 valence electrons. The van der Waals surface area contributed by atoms with Crippen LogP contribution in [0.4, 0.5) is 4.39 Å². The summed E-state index contributed by atoms with van der Waals surface area (Å²) in [6, 6.07) is 12.4. The lowest BCUT2D eigenvalue weighted by atomic mass is 10.0. The van der Waals surface area contributed by atoms with Gasteiger partial charge in [-0.3, -0.25) is 0 Å². The summed E-state index contributed by atoms with van der Waals surface area (Å²) in [6.07, 6.45) is 0. The molecule has 0 unspecified atom stereocenters. The van der Waals surface area contributed by atoms with Gasteiger partial charge in [-0.2, -0.15) is 0 Å². The Morgan fingerprint density at radius 1 is 1.12 bits per heavy atom. The van der Waals surface area contributed by atoms with Crippen molar-refractivity contribution in [2.75, 3.05) is 0 Å². The SMILES string of the molecule is NCc1cccc(-c2cccc(CO)c2)c1F. The molecule has 3 heteroatoms. The zero-order valence-electron chi connectivity index (χ0n) is 9.36. The van der Waals surface area contributed by atoms with Crippen LogP contribution in [0, 0.1) is 5.82 Å². The molecule has 3 N–H and O–H groups in total. The first-order valence-corrected chi connectivity index (χ1v) is 5.44. The largest absolute Gasteiger partial charge is 0.392 e. The molecule has 0 fully saturated rings. The van der Waals surface area contributed by atoms with Crippen LogP contribution in [0.1, 0.15) is 11.1 Å². The molecule has 2 aromatic rings. The van der Waals surface area contributed by atoms with Crippen LogP contribution in [0.2, 0.25) is 0 Å². The van der Waals surface area contributed by atoms with E-state index in [9.17, 15) is 4.39 Å². The minimum absolute atomic E-state index is 0.0496. The van der Waals surface area contributed by atoms with Gasteiger partial charge in [-0.25, -0.2) is 4.39 Å². The molecule has 0 heterocycles. The van der Waals surface area contributed by atoms with E-state index < -0.39 is 0 Å². The van der Waals surface area contributed by atoms with Crippen molar-refractivity contribution in [1.29, 1.82) is 0 Å². The van der Waals surface area contributed by atoms with Crippen molar-refractivity contribution in [1.82, 2.24) is 0 Å². The van der Waals surface area contributed by atoms with Crippen LogP contribution in [-0.2, 0) is 13.2 Å². The van der Waals surface area contributed by atoms with Gasteiger partial charge in [-0.05, 0) is 17.2 Å². The van der Waals surface area contributed by atoms with Gasteiger partial charge in [0.1, 0.15) is 5.82 Å². The van der Waals surface area contributed by atoms with Crippen molar-refractivity contribution in [3.63, 3.8) is 0 Å². The van der Waals surface area contributed by atoms with E-state index in [0.717, 1.165) is 11.1 Å². The van der Waals surface area contributed by atoms with Crippen molar-refractivity contribution in [2.24, 2.45) is 5.73 Å². The molecule has 0 aliphatic carbocycles. The Bertz CT molecular complexity index is 525. The van der Waals surface area contributed by atoms with E-state index in [0.29, 0.717) is 11.1 Å². The molecule has 0 aliphatic heterocycles. The minimum Gasteiger partial charge on any atom is -0.392 e. The average molecular weight is 231 g/mol. The molecule has 0 radical (unpaired) electrons. The van der Waals surface area contributed by atoms with Gasteiger partial charge in [-0.1, -0.05) is 36.4 Å². The fourth-order valence-corrected chi connectivity index (χ4v) is 1.80. The topological polar surface area (TPSA) is 46.2 Å². The van der Waals surface area contributed by atoms with E-state index in [2.05, 4.69) is 0 Å². The first kappa shape index (κ1) is 11.8. The Labute approximate surface area is 99.5 Å². The molecule has 2 aromatic carbocycles. The molecule has 0 saturated heterocycles. The lowest BCUT2D eigenvalue weighted by Gasteiger charge is -2.08. The number of halogens is 1. The summed E-state index contributed by atoms with van der Waals surface area (Å²) < 4.78 is 14.1. The monoisotopic (exact) mass is 231 g/mol. The Kier molecular flexibility index (Phi) is 3.52. The van der Waals surface area contributed by atoms with Gasteiger partial charge in [0.15, 0.2) is 0 Å². The fourth-order valence-electron chi connectivity index (χ4n) is 1.80. The molecule has 0 amide bonds. The van der Waals surface area contributed by atoms with Gasteiger partial charge in [0.25, 0.3) is 0 Å². The third-order valence-electron chi connectivity index (χ3n) is 2.72. The number of hydrogen-bond donors (Lipinski definition) is 2. The second-order valence-electron chi connectivity index (χ2n) is 3.84. The summed E-state index contributed by atoms with van der Waals surface area (Å²) >= 11 is 0. The number of hydrogen-bond acceptors (Lipinski definition) is 2. The first-order valence-electron chi connectivity index (χ1n) is 5.44. The van der Waals surface area contributed by atoms with E-state index in [4.69, 9.17) is 10.8 Å². The molecule has 17 heavy (non-hydrogen) atoms. The highest BCUT2D eigenvalue weighted by Gasteiger charge is 2.08. The van der Waals surface area contributed by atoms with Gasteiger partial charge in [0, 0.05) is 17.7 Å². The van der Waals surface area contributed by atoms with Crippen LogP contribution >= 0.6 is 0 Å². The summed E-state index contributed by atoms with van der Waals surface area (Å²) in [7, 11) is 0. The van der Waals surface area contributed by atoms with Gasteiger partial charge in [-0.15, -0.1) is 0 Å². The Hall–Kier alpha value is -1.71. The lowest BCUT2D eigenvalue weighted by molar-refractivity contribution is 0.282. The highest BCUT2D eigenvalue weighted by atomic mass is 19.1. The van der Waals surface area contributed by atoms with E-state index in [-0.39, 0.29) is 19.0 Å². The minimum atomic E-state index is -0.287. The van der Waals surface area contributed by atoms with Crippen LogP contribution in [0.25, 0.3) is 11.1 Å². The van der Waals surface area contributed by atoms with Crippen molar-refractivity contribution in [3.8, 4) is 11.1 Å². The van der Waals surface area contributed by atoms with Gasteiger partial charge in [0.2, 0.25) is 0 Å². The summed E-state index contributed by atoms with van der Waals surface area (Å²) in [5, 5.41) is 9.07. The van der Waals surface area contributed by atoms with Gasteiger partial charge >= 0.3 is 0 Å². The number of rotatable bonds is 3. The number of aliphatic hydroxyl groups is 1. The molecule has 0 aliphatic rings. The third kappa shape index (κ3) is 2.35. The summed E-state index contributed by atoms with van der Waals surface area (Å²) in [4.78, 5) is 0. The Balaban J connectivity index is 2.52. The molecule has 0 atom stereocenters. The van der Waals surface area contributed by atoms with E-state index >= 15 is 0 Å². The molecule has 0 bridgehead atoms. The predicted molar refractivity (Wildman–Crippen MR) is 65.7 cm³/mol. The maximum absolute atomic E-state index is 14.1. The zero-order chi connectivity index (χ0) is 12.3. The summed E-state index contributed by atoms with van der Waals surface area (Å²) in [5.74, 6) is -0.287. The Morgan fingerprint density at radius 2 is 1.88 bits per heavy atom. The smallest absolute Gasteiger partial charge is 0.135 e. The molecule has 0 aromatic heterocycles. The predicted octanol–water partition coefficient (Wildman–Crippen LogP) is 2.44. The first-order chi connectivity index (χ1) is 8.26. The quantitative estimate of drug-likeness (QED) is 0.852. The average Bonchev–Trinajstić information content (AvgIpc) is 2.39. The highest BCUT2D eigenvalue weighted by molar-refractivity contribution is 5.65. The molecular formula is C14H14FNO. The summed E-state index contributed by atoms with van der Waals surface area (Å²) in [6.45, 7) is 0.130. The standard InChI is InChI=1S/C14H14FNO/c15-14-12(8-16)5-2-6-13(14)11-4-1-3-10(7-11)9-17/h1-7,17H,8-9,16H2. The molecule has 0 spiro atoms. The number of nitrogens with two attached hydrogens (primary N) is 1. The zero-order valence-corrected chi connectivity index (χ0v) is 9.36. The second-order valence-corrected chi connectivity index (χ2v) is 3.84. The molecule has 0 saturated carbocycles. The summed E-state index contributed by atoms with van der Waals surface area (Å²) in [5.41, 5.74) is 8.01. The van der Waals surface area contributed by atoms with Crippen LogP contribution in [0.15, 0.2) is 42.5 Å². The van der Waals surface area contributed by atoms with Gasteiger partial charge in [0.05, 0.1) is 6.61 Å². The number of aliphatic hydroxyl groups excluding tert-OH is 1. The maximum Gasteiger partial charge on any atom is 0.135 e. The highest BCUT2D eigenvalue weighted by Crippen LogP contribution is 2.25. The van der Waals surface area contributed by atoms with E-state index in [1.54, 1.807) is 36.4 Å². The van der Waals surface area contributed by atoms with E-state index in [1.807, 2.05) is 6.07 Å². The van der Waals surface area contributed by atoms with Crippen LogP contribution in [-0.4, -0.2) is 5.11 Å². The second kappa shape index (κ2) is 5.08. The van der Waals surface area contributed by atoms with Crippen LogP contribution < -0.4 is 5.73 Å². The van der Waals surface area contributed by atoms with E-state index in [1.165, 1.54) is 0 Å². The third-order valence-corrected chi connectivity index (χ3v) is 2.72. The molecule has 2 nitrogen and oxygen atoms in total.